The molecule has 2 aliphatic rings. The molecule has 80 valence electrons. The van der Waals surface area contributed by atoms with E-state index in [0.717, 1.165) is 5.57 Å². The van der Waals surface area contributed by atoms with Gasteiger partial charge in [0.05, 0.1) is 6.04 Å². The number of rotatable bonds is 1. The fourth-order valence-electron chi connectivity index (χ4n) is 1.82. The number of hydrogen-bond donors (Lipinski definition) is 2. The standard InChI is InChI=1S/C10H13N3O2/c1-6-4-7-2-3-8(15-12)5-9(7)13(11)10(6)14/h2-4,9H,5,11-12H2,1H3. The summed E-state index contributed by atoms with van der Waals surface area (Å²) in [7, 11) is 0. The van der Waals surface area contributed by atoms with Crippen LogP contribution in [0.3, 0.4) is 0 Å². The smallest absolute Gasteiger partial charge is 0.264 e. The zero-order valence-corrected chi connectivity index (χ0v) is 8.43. The van der Waals surface area contributed by atoms with E-state index in [0.29, 0.717) is 17.8 Å². The quantitative estimate of drug-likeness (QED) is 0.363. The van der Waals surface area contributed by atoms with Crippen molar-refractivity contribution >= 4 is 5.91 Å². The normalized spacial score (nSPS) is 25.3. The Hall–Kier alpha value is -1.59. The summed E-state index contributed by atoms with van der Waals surface area (Å²) in [5.74, 6) is 11.3. The van der Waals surface area contributed by atoms with Gasteiger partial charge in [-0.1, -0.05) is 6.08 Å². The van der Waals surface area contributed by atoms with Crippen LogP contribution in [0.4, 0.5) is 0 Å². The van der Waals surface area contributed by atoms with Gasteiger partial charge < -0.3 is 4.84 Å². The molecule has 1 amide bonds. The minimum absolute atomic E-state index is 0.157. The molecular formula is C10H13N3O2. The number of amides is 1. The zero-order chi connectivity index (χ0) is 11.0. The van der Waals surface area contributed by atoms with E-state index in [4.69, 9.17) is 11.7 Å². The summed E-state index contributed by atoms with van der Waals surface area (Å²) < 4.78 is 0. The van der Waals surface area contributed by atoms with Gasteiger partial charge in [0, 0.05) is 12.0 Å². The predicted octanol–water partition coefficient (Wildman–Crippen LogP) is 0.122. The molecule has 1 aliphatic carbocycles. The zero-order valence-electron chi connectivity index (χ0n) is 8.43. The van der Waals surface area contributed by atoms with Crippen molar-refractivity contribution in [3.8, 4) is 0 Å². The van der Waals surface area contributed by atoms with Crippen LogP contribution in [0.15, 0.2) is 35.1 Å². The van der Waals surface area contributed by atoms with Gasteiger partial charge >= 0.3 is 0 Å². The fraction of sp³-hybridized carbons (Fsp3) is 0.300. The summed E-state index contributed by atoms with van der Waals surface area (Å²) in [5.41, 5.74) is 1.65. The number of fused-ring (bicyclic) bond motifs is 1. The highest BCUT2D eigenvalue weighted by molar-refractivity contribution is 5.95. The first kappa shape index (κ1) is 9.95. The summed E-state index contributed by atoms with van der Waals surface area (Å²) >= 11 is 0. The minimum atomic E-state index is -0.162. The van der Waals surface area contributed by atoms with E-state index < -0.39 is 0 Å². The van der Waals surface area contributed by atoms with Gasteiger partial charge in [0.2, 0.25) is 0 Å². The summed E-state index contributed by atoms with van der Waals surface area (Å²) in [6.07, 6.45) is 6.03. The molecule has 4 N–H and O–H groups in total. The van der Waals surface area contributed by atoms with Crippen molar-refractivity contribution in [2.24, 2.45) is 11.7 Å². The molecule has 0 fully saturated rings. The summed E-state index contributed by atoms with van der Waals surface area (Å²) in [4.78, 5) is 16.2. The number of allylic oxidation sites excluding steroid dienone is 2. The third-order valence-corrected chi connectivity index (χ3v) is 2.68. The van der Waals surface area contributed by atoms with Crippen molar-refractivity contribution in [2.45, 2.75) is 19.4 Å². The average molecular weight is 207 g/mol. The molecular weight excluding hydrogens is 194 g/mol. The molecule has 0 saturated heterocycles. The molecule has 0 saturated carbocycles. The van der Waals surface area contributed by atoms with E-state index in [9.17, 15) is 4.79 Å². The first-order chi connectivity index (χ1) is 7.13. The Morgan fingerprint density at radius 1 is 1.53 bits per heavy atom. The van der Waals surface area contributed by atoms with Crippen molar-refractivity contribution in [1.29, 1.82) is 0 Å². The van der Waals surface area contributed by atoms with Crippen LogP contribution in [0.25, 0.3) is 0 Å². The lowest BCUT2D eigenvalue weighted by Crippen LogP contribution is -2.49. The third kappa shape index (κ3) is 1.55. The van der Waals surface area contributed by atoms with E-state index in [1.807, 2.05) is 12.2 Å². The molecule has 0 aromatic carbocycles. The minimum Gasteiger partial charge on any atom is -0.416 e. The van der Waals surface area contributed by atoms with Crippen LogP contribution >= 0.6 is 0 Å². The van der Waals surface area contributed by atoms with Crippen molar-refractivity contribution in [2.75, 3.05) is 0 Å². The molecule has 1 unspecified atom stereocenters. The Bertz CT molecular complexity index is 395. The first-order valence-corrected chi connectivity index (χ1v) is 4.67. The number of hydrogen-bond acceptors (Lipinski definition) is 4. The maximum atomic E-state index is 11.6. The van der Waals surface area contributed by atoms with E-state index in [1.165, 1.54) is 5.01 Å². The Morgan fingerprint density at radius 3 is 2.93 bits per heavy atom. The highest BCUT2D eigenvalue weighted by Gasteiger charge is 2.31. The Balaban J connectivity index is 2.37. The van der Waals surface area contributed by atoms with Crippen molar-refractivity contribution in [3.63, 3.8) is 0 Å². The molecule has 0 aromatic heterocycles. The van der Waals surface area contributed by atoms with Crippen LogP contribution < -0.4 is 11.7 Å². The number of carbonyl (C=O) groups is 1. The Labute approximate surface area is 87.6 Å². The molecule has 2 rings (SSSR count). The Morgan fingerprint density at radius 2 is 2.27 bits per heavy atom. The second kappa shape index (κ2) is 3.52. The molecule has 1 aliphatic heterocycles. The second-order valence-corrected chi connectivity index (χ2v) is 3.68. The van der Waals surface area contributed by atoms with Crippen LogP contribution in [-0.4, -0.2) is 17.0 Å². The Kier molecular flexibility index (Phi) is 2.34. The first-order valence-electron chi connectivity index (χ1n) is 4.67. The van der Waals surface area contributed by atoms with Crippen LogP contribution in [0.5, 0.6) is 0 Å². The van der Waals surface area contributed by atoms with Gasteiger partial charge in [-0.05, 0) is 24.6 Å². The lowest BCUT2D eigenvalue weighted by Gasteiger charge is -2.34. The highest BCUT2D eigenvalue weighted by Crippen LogP contribution is 2.28. The van der Waals surface area contributed by atoms with Gasteiger partial charge in [-0.3, -0.25) is 9.80 Å². The molecule has 1 heterocycles. The molecule has 0 bridgehead atoms. The molecule has 1 atom stereocenters. The number of nitrogens with zero attached hydrogens (tertiary/aromatic N) is 1. The molecule has 5 heteroatoms. The lowest BCUT2D eigenvalue weighted by atomic mass is 9.92. The van der Waals surface area contributed by atoms with Crippen LogP contribution in [0.1, 0.15) is 13.3 Å². The van der Waals surface area contributed by atoms with Crippen LogP contribution in [-0.2, 0) is 9.63 Å². The molecule has 15 heavy (non-hydrogen) atoms. The van der Waals surface area contributed by atoms with Gasteiger partial charge in [0.15, 0.2) is 0 Å². The summed E-state index contributed by atoms with van der Waals surface area (Å²) in [5, 5.41) is 1.23. The topological polar surface area (TPSA) is 81.6 Å². The lowest BCUT2D eigenvalue weighted by molar-refractivity contribution is -0.129. The number of carbonyl (C=O) groups excluding carboxylic acids is 1. The summed E-state index contributed by atoms with van der Waals surface area (Å²) in [6.45, 7) is 1.75. The maximum absolute atomic E-state index is 11.6. The van der Waals surface area contributed by atoms with E-state index in [2.05, 4.69) is 4.84 Å². The average Bonchev–Trinajstić information content (AvgIpc) is 2.26. The van der Waals surface area contributed by atoms with Crippen molar-refractivity contribution in [3.05, 3.63) is 35.1 Å². The van der Waals surface area contributed by atoms with Gasteiger partial charge in [0.1, 0.15) is 5.76 Å². The molecule has 0 spiro atoms. The van der Waals surface area contributed by atoms with Gasteiger partial charge in [-0.15, -0.1) is 0 Å². The molecule has 5 nitrogen and oxygen atoms in total. The van der Waals surface area contributed by atoms with Gasteiger partial charge in [0.25, 0.3) is 5.91 Å². The summed E-state index contributed by atoms with van der Waals surface area (Å²) in [6, 6.07) is -0.162. The van der Waals surface area contributed by atoms with Gasteiger partial charge in [-0.25, -0.2) is 5.84 Å². The molecule has 0 radical (unpaired) electrons. The van der Waals surface area contributed by atoms with Crippen molar-refractivity contribution < 1.29 is 9.63 Å². The van der Waals surface area contributed by atoms with E-state index in [-0.39, 0.29) is 11.9 Å². The molecule has 0 aromatic rings. The van der Waals surface area contributed by atoms with E-state index in [1.54, 1.807) is 13.0 Å². The SMILES string of the molecule is CC1=CC2=CC=C(ON)CC2N(N)C1=O. The maximum Gasteiger partial charge on any atom is 0.264 e. The predicted molar refractivity (Wildman–Crippen MR) is 54.6 cm³/mol. The van der Waals surface area contributed by atoms with Gasteiger partial charge in [-0.2, -0.15) is 5.90 Å². The number of hydrazine groups is 1. The van der Waals surface area contributed by atoms with Crippen molar-refractivity contribution in [1.82, 2.24) is 5.01 Å². The number of nitrogens with two attached hydrogens (primary N) is 2. The van der Waals surface area contributed by atoms with Crippen LogP contribution in [0.2, 0.25) is 0 Å². The largest absolute Gasteiger partial charge is 0.416 e. The highest BCUT2D eigenvalue weighted by atomic mass is 16.6. The second-order valence-electron chi connectivity index (χ2n) is 3.68. The van der Waals surface area contributed by atoms with Crippen LogP contribution in [0, 0.1) is 0 Å². The third-order valence-electron chi connectivity index (χ3n) is 2.68. The van der Waals surface area contributed by atoms with E-state index >= 15 is 0 Å². The fourth-order valence-corrected chi connectivity index (χ4v) is 1.82. The monoisotopic (exact) mass is 207 g/mol.